The summed E-state index contributed by atoms with van der Waals surface area (Å²) in [5.74, 6) is 0.231. The highest BCUT2D eigenvalue weighted by Gasteiger charge is 2.43. The number of fused-ring (bicyclic) bond motifs is 2. The normalized spacial score (nSPS) is 25.0. The largest absolute Gasteiger partial charge is 0.383 e. The van der Waals surface area contributed by atoms with Crippen molar-refractivity contribution < 1.29 is 14.3 Å². The van der Waals surface area contributed by atoms with Gasteiger partial charge in [-0.1, -0.05) is 18.2 Å². The molecular formula is C22H31N5O3S. The van der Waals surface area contributed by atoms with Crippen LogP contribution in [0.1, 0.15) is 24.8 Å². The maximum absolute atomic E-state index is 12.9. The van der Waals surface area contributed by atoms with Crippen molar-refractivity contribution >= 4 is 34.8 Å². The van der Waals surface area contributed by atoms with Crippen LogP contribution in [0.2, 0.25) is 0 Å². The van der Waals surface area contributed by atoms with Gasteiger partial charge in [0.25, 0.3) is 0 Å². The standard InChI is InChI=1S/C22H31N5O3S/c1-30-11-9-23-22(31)25-16-12-19-21(29)24-13-17(27(19)14-16)6-7-20(28)26-10-8-15-4-2-3-5-18(15)26/h2-5,16-17,19H,6-14H2,1H3,(H,24,29)(H2,23,25,31). The van der Waals surface area contributed by atoms with Crippen LogP contribution >= 0.6 is 12.2 Å². The monoisotopic (exact) mass is 445 g/mol. The molecule has 31 heavy (non-hydrogen) atoms. The Labute approximate surface area is 188 Å². The molecule has 3 unspecified atom stereocenters. The third-order valence-corrected chi connectivity index (χ3v) is 6.69. The first-order valence-electron chi connectivity index (χ1n) is 11.0. The Morgan fingerprint density at radius 3 is 3.03 bits per heavy atom. The maximum Gasteiger partial charge on any atom is 0.237 e. The summed E-state index contributed by atoms with van der Waals surface area (Å²) in [5.41, 5.74) is 2.28. The minimum absolute atomic E-state index is 0.0682. The van der Waals surface area contributed by atoms with E-state index in [4.69, 9.17) is 17.0 Å². The van der Waals surface area contributed by atoms with E-state index in [0.29, 0.717) is 37.7 Å². The van der Waals surface area contributed by atoms with E-state index in [9.17, 15) is 9.59 Å². The summed E-state index contributed by atoms with van der Waals surface area (Å²) in [7, 11) is 1.65. The van der Waals surface area contributed by atoms with Gasteiger partial charge in [0.15, 0.2) is 5.11 Å². The third kappa shape index (κ3) is 4.99. The second-order valence-electron chi connectivity index (χ2n) is 8.40. The first-order valence-corrected chi connectivity index (χ1v) is 11.4. The first-order chi connectivity index (χ1) is 15.1. The molecule has 0 aliphatic carbocycles. The van der Waals surface area contributed by atoms with Crippen molar-refractivity contribution in [3.63, 3.8) is 0 Å². The van der Waals surface area contributed by atoms with Crippen LogP contribution in [-0.2, 0) is 20.7 Å². The van der Waals surface area contributed by atoms with Gasteiger partial charge in [-0.2, -0.15) is 0 Å². The van der Waals surface area contributed by atoms with Crippen molar-refractivity contribution in [3.8, 4) is 0 Å². The summed E-state index contributed by atoms with van der Waals surface area (Å²) in [6.07, 6.45) is 2.84. The van der Waals surface area contributed by atoms with Gasteiger partial charge in [-0.3, -0.25) is 14.5 Å². The molecule has 4 rings (SSSR count). The SMILES string of the molecule is COCCNC(=S)NC1CC2C(=O)NCC(CCC(=O)N3CCc4ccccc43)N2C1. The number of amides is 2. The third-order valence-electron chi connectivity index (χ3n) is 6.43. The summed E-state index contributed by atoms with van der Waals surface area (Å²) < 4.78 is 5.03. The van der Waals surface area contributed by atoms with Crippen molar-refractivity contribution in [1.82, 2.24) is 20.9 Å². The molecule has 2 amide bonds. The number of rotatable bonds is 7. The van der Waals surface area contributed by atoms with Crippen molar-refractivity contribution in [1.29, 1.82) is 0 Å². The molecule has 0 spiro atoms. The Kier molecular flexibility index (Phi) is 7.04. The summed E-state index contributed by atoms with van der Waals surface area (Å²) >= 11 is 5.36. The zero-order valence-electron chi connectivity index (χ0n) is 17.9. The van der Waals surface area contributed by atoms with Gasteiger partial charge in [0.2, 0.25) is 11.8 Å². The van der Waals surface area contributed by atoms with Crippen LogP contribution in [0.4, 0.5) is 5.69 Å². The molecule has 2 fully saturated rings. The average molecular weight is 446 g/mol. The van der Waals surface area contributed by atoms with Crippen molar-refractivity contribution in [2.45, 2.75) is 43.8 Å². The molecule has 0 bridgehead atoms. The molecule has 0 saturated carbocycles. The van der Waals surface area contributed by atoms with E-state index in [1.54, 1.807) is 7.11 Å². The topological polar surface area (TPSA) is 85.9 Å². The average Bonchev–Trinajstić information content (AvgIpc) is 3.38. The molecule has 2 saturated heterocycles. The van der Waals surface area contributed by atoms with Crippen LogP contribution in [0, 0.1) is 0 Å². The highest BCUT2D eigenvalue weighted by atomic mass is 32.1. The van der Waals surface area contributed by atoms with Crippen LogP contribution in [0.5, 0.6) is 0 Å². The van der Waals surface area contributed by atoms with Gasteiger partial charge < -0.3 is 25.6 Å². The highest BCUT2D eigenvalue weighted by Crippen LogP contribution is 2.29. The summed E-state index contributed by atoms with van der Waals surface area (Å²) in [4.78, 5) is 29.5. The van der Waals surface area contributed by atoms with Gasteiger partial charge >= 0.3 is 0 Å². The van der Waals surface area contributed by atoms with Crippen LogP contribution in [-0.4, -0.2) is 79.8 Å². The number of benzene rings is 1. The van der Waals surface area contributed by atoms with Gasteiger partial charge in [0.05, 0.1) is 12.6 Å². The number of hydrogen-bond donors (Lipinski definition) is 3. The van der Waals surface area contributed by atoms with E-state index in [1.807, 2.05) is 23.1 Å². The van der Waals surface area contributed by atoms with Crippen molar-refractivity contribution in [2.75, 3.05) is 44.8 Å². The van der Waals surface area contributed by atoms with Crippen LogP contribution < -0.4 is 20.9 Å². The number of methoxy groups -OCH3 is 1. The molecular weight excluding hydrogens is 414 g/mol. The number of carbonyl (C=O) groups is 2. The zero-order valence-corrected chi connectivity index (χ0v) is 18.7. The van der Waals surface area contributed by atoms with Crippen LogP contribution in [0.25, 0.3) is 0 Å². The fourth-order valence-corrected chi connectivity index (χ4v) is 5.14. The minimum atomic E-state index is -0.166. The van der Waals surface area contributed by atoms with Crippen LogP contribution in [0.15, 0.2) is 24.3 Å². The number of carbonyl (C=O) groups excluding carboxylic acids is 2. The number of ether oxygens (including phenoxy) is 1. The second kappa shape index (κ2) is 9.93. The summed E-state index contributed by atoms with van der Waals surface area (Å²) in [5, 5.41) is 10.1. The molecule has 3 heterocycles. The number of piperazine rings is 1. The fraction of sp³-hybridized carbons (Fsp3) is 0.591. The molecule has 9 heteroatoms. The summed E-state index contributed by atoms with van der Waals surface area (Å²) in [6, 6.07) is 8.23. The Bertz CT molecular complexity index is 835. The van der Waals surface area contributed by atoms with E-state index < -0.39 is 0 Å². The summed E-state index contributed by atoms with van der Waals surface area (Å²) in [6.45, 7) is 3.32. The number of nitrogens with one attached hydrogen (secondary N) is 3. The molecule has 0 aromatic heterocycles. The molecule has 8 nitrogen and oxygen atoms in total. The molecule has 3 aliphatic rings. The molecule has 3 aliphatic heterocycles. The van der Waals surface area contributed by atoms with E-state index in [-0.39, 0.29) is 29.9 Å². The highest BCUT2D eigenvalue weighted by molar-refractivity contribution is 7.80. The zero-order chi connectivity index (χ0) is 21.8. The maximum atomic E-state index is 12.9. The number of thiocarbonyl (C=S) groups is 1. The minimum Gasteiger partial charge on any atom is -0.383 e. The Morgan fingerprint density at radius 1 is 1.35 bits per heavy atom. The number of hydrogen-bond acceptors (Lipinski definition) is 5. The van der Waals surface area contributed by atoms with E-state index in [0.717, 1.165) is 31.6 Å². The molecule has 1 aromatic rings. The molecule has 3 N–H and O–H groups in total. The smallest absolute Gasteiger partial charge is 0.237 e. The van der Waals surface area contributed by atoms with Gasteiger partial charge in [0.1, 0.15) is 0 Å². The lowest BCUT2D eigenvalue weighted by atomic mass is 10.0. The number of anilines is 1. The van der Waals surface area contributed by atoms with E-state index >= 15 is 0 Å². The van der Waals surface area contributed by atoms with Crippen molar-refractivity contribution in [2.24, 2.45) is 0 Å². The number of nitrogens with zero attached hydrogens (tertiary/aromatic N) is 2. The van der Waals surface area contributed by atoms with Crippen molar-refractivity contribution in [3.05, 3.63) is 29.8 Å². The predicted octanol–water partition coefficient (Wildman–Crippen LogP) is 0.408. The quantitative estimate of drug-likeness (QED) is 0.414. The lowest BCUT2D eigenvalue weighted by Crippen LogP contribution is -2.58. The van der Waals surface area contributed by atoms with Gasteiger partial charge in [-0.05, 0) is 43.1 Å². The first kappa shape index (κ1) is 22.0. The number of para-hydroxylation sites is 1. The van der Waals surface area contributed by atoms with Gasteiger partial charge in [0, 0.05) is 57.5 Å². The van der Waals surface area contributed by atoms with E-state index in [1.165, 1.54) is 5.56 Å². The van der Waals surface area contributed by atoms with Gasteiger partial charge in [-0.15, -0.1) is 0 Å². The lowest BCUT2D eigenvalue weighted by Gasteiger charge is -2.37. The lowest BCUT2D eigenvalue weighted by molar-refractivity contribution is -0.129. The van der Waals surface area contributed by atoms with E-state index in [2.05, 4.69) is 26.9 Å². The van der Waals surface area contributed by atoms with Gasteiger partial charge in [-0.25, -0.2) is 0 Å². The fourth-order valence-electron chi connectivity index (χ4n) is 4.87. The molecule has 3 atom stereocenters. The Morgan fingerprint density at radius 2 is 2.19 bits per heavy atom. The predicted molar refractivity (Wildman–Crippen MR) is 123 cm³/mol. The second-order valence-corrected chi connectivity index (χ2v) is 8.81. The molecule has 168 valence electrons. The van der Waals surface area contributed by atoms with Crippen LogP contribution in [0.3, 0.4) is 0 Å². The Balaban J connectivity index is 1.31. The Hall–Kier alpha value is -2.23. The molecule has 1 aromatic carbocycles. The molecule has 0 radical (unpaired) electrons.